The molecule has 0 atom stereocenters. The Kier molecular flexibility index (Phi) is 5.52. The van der Waals surface area contributed by atoms with Crippen LogP contribution in [0.4, 0.5) is 0 Å². The number of hydrogen-bond donors (Lipinski definition) is 3. The molecule has 0 saturated heterocycles. The van der Waals surface area contributed by atoms with Crippen LogP contribution < -0.4 is 5.32 Å². The van der Waals surface area contributed by atoms with Crippen LogP contribution in [0.5, 0.6) is 0 Å². The summed E-state index contributed by atoms with van der Waals surface area (Å²) in [5.41, 5.74) is 1.58. The van der Waals surface area contributed by atoms with E-state index >= 15 is 0 Å². The van der Waals surface area contributed by atoms with Gasteiger partial charge < -0.3 is 10.2 Å². The summed E-state index contributed by atoms with van der Waals surface area (Å²) in [5.74, 6) is 0. The normalized spacial score (nSPS) is 12.1. The molecule has 134 valence electrons. The molecule has 0 unspecified atom stereocenters. The van der Waals surface area contributed by atoms with E-state index in [1.54, 1.807) is 0 Å². The molecule has 0 radical (unpaired) electrons. The van der Waals surface area contributed by atoms with Gasteiger partial charge in [-0.25, -0.2) is 0 Å². The van der Waals surface area contributed by atoms with E-state index in [0.717, 1.165) is 16.7 Å². The van der Waals surface area contributed by atoms with Gasteiger partial charge >= 0.3 is 0 Å². The fourth-order valence-corrected chi connectivity index (χ4v) is 3.36. The molecule has 0 aromatic heterocycles. The van der Waals surface area contributed by atoms with Gasteiger partial charge in [-0.2, -0.15) is 0 Å². The molecule has 0 fully saturated rings. The number of nitrogens with one attached hydrogen (secondary N) is 1. The molecular formula is C23H25NO2. The molecule has 0 aliphatic heterocycles. The summed E-state index contributed by atoms with van der Waals surface area (Å²) < 4.78 is 0. The number of hydrogen-bond acceptors (Lipinski definition) is 3. The van der Waals surface area contributed by atoms with Crippen molar-refractivity contribution in [2.24, 2.45) is 0 Å². The van der Waals surface area contributed by atoms with Crippen molar-refractivity contribution in [3.8, 4) is 0 Å². The molecule has 3 nitrogen and oxygen atoms in total. The van der Waals surface area contributed by atoms with Crippen LogP contribution in [0.25, 0.3) is 0 Å². The molecule has 3 rings (SSSR count). The van der Waals surface area contributed by atoms with E-state index in [1.165, 1.54) is 0 Å². The molecule has 0 aliphatic rings. The summed E-state index contributed by atoms with van der Waals surface area (Å²) in [7, 11) is 0. The van der Waals surface area contributed by atoms with Crippen molar-refractivity contribution in [1.29, 1.82) is 0 Å². The summed E-state index contributed by atoms with van der Waals surface area (Å²) in [4.78, 5) is 0. The molecule has 3 heteroatoms. The molecule has 26 heavy (non-hydrogen) atoms. The lowest BCUT2D eigenvalue weighted by molar-refractivity contribution is 0.0867. The fraction of sp³-hybridized carbons (Fsp3) is 0.217. The van der Waals surface area contributed by atoms with Gasteiger partial charge in [0.15, 0.2) is 0 Å². The smallest absolute Gasteiger partial charge is 0.0953 e. The first-order valence-corrected chi connectivity index (χ1v) is 8.82. The lowest BCUT2D eigenvalue weighted by Gasteiger charge is -2.43. The third-order valence-corrected chi connectivity index (χ3v) is 4.81. The van der Waals surface area contributed by atoms with Crippen LogP contribution in [0.15, 0.2) is 91.0 Å². The SMILES string of the molecule is CC(CO)(CO)NC(c1ccccc1)(c1ccccc1)c1ccccc1. The third kappa shape index (κ3) is 3.42. The maximum Gasteiger partial charge on any atom is 0.0953 e. The summed E-state index contributed by atoms with van der Waals surface area (Å²) in [6.45, 7) is 1.46. The topological polar surface area (TPSA) is 52.5 Å². The van der Waals surface area contributed by atoms with Crippen molar-refractivity contribution in [2.45, 2.75) is 18.0 Å². The largest absolute Gasteiger partial charge is 0.394 e. The average molecular weight is 347 g/mol. The first-order chi connectivity index (χ1) is 12.6. The second-order valence-corrected chi connectivity index (χ2v) is 6.85. The Labute approximate surface area is 155 Å². The molecular weight excluding hydrogens is 322 g/mol. The van der Waals surface area contributed by atoms with E-state index in [0.29, 0.717) is 0 Å². The number of aliphatic hydroxyl groups excluding tert-OH is 2. The first-order valence-electron chi connectivity index (χ1n) is 8.82. The van der Waals surface area contributed by atoms with Crippen molar-refractivity contribution in [2.75, 3.05) is 13.2 Å². The zero-order valence-corrected chi connectivity index (χ0v) is 15.0. The van der Waals surface area contributed by atoms with Gasteiger partial charge in [0.25, 0.3) is 0 Å². The molecule has 0 aliphatic carbocycles. The molecule has 3 aromatic carbocycles. The number of aliphatic hydroxyl groups is 2. The van der Waals surface area contributed by atoms with E-state index in [4.69, 9.17) is 0 Å². The van der Waals surface area contributed by atoms with Crippen molar-refractivity contribution in [3.05, 3.63) is 108 Å². The second-order valence-electron chi connectivity index (χ2n) is 6.85. The highest BCUT2D eigenvalue weighted by Gasteiger charge is 2.41. The van der Waals surface area contributed by atoms with E-state index in [9.17, 15) is 10.2 Å². The molecule has 0 heterocycles. The minimum absolute atomic E-state index is 0.183. The van der Waals surface area contributed by atoms with Gasteiger partial charge in [0.05, 0.1) is 24.3 Å². The molecule has 3 N–H and O–H groups in total. The maximum atomic E-state index is 9.97. The fourth-order valence-electron chi connectivity index (χ4n) is 3.36. The van der Waals surface area contributed by atoms with Crippen LogP contribution in [-0.4, -0.2) is 29.0 Å². The Morgan fingerprint density at radius 2 is 0.923 bits per heavy atom. The monoisotopic (exact) mass is 347 g/mol. The van der Waals surface area contributed by atoms with Crippen LogP contribution >= 0.6 is 0 Å². The molecule has 0 bridgehead atoms. The molecule has 0 spiro atoms. The van der Waals surface area contributed by atoms with Gasteiger partial charge in [-0.15, -0.1) is 0 Å². The van der Waals surface area contributed by atoms with E-state index in [1.807, 2.05) is 61.5 Å². The Morgan fingerprint density at radius 1 is 0.615 bits per heavy atom. The molecule has 3 aromatic rings. The van der Waals surface area contributed by atoms with Gasteiger partial charge in [0, 0.05) is 0 Å². The Hall–Kier alpha value is -2.46. The van der Waals surface area contributed by atoms with Crippen LogP contribution in [-0.2, 0) is 5.54 Å². The lowest BCUT2D eigenvalue weighted by Crippen LogP contribution is -2.59. The summed E-state index contributed by atoms with van der Waals surface area (Å²) in [6, 6.07) is 30.4. The minimum atomic E-state index is -0.860. The Balaban J connectivity index is 2.32. The van der Waals surface area contributed by atoms with Gasteiger partial charge in [-0.1, -0.05) is 91.0 Å². The van der Waals surface area contributed by atoms with E-state index in [2.05, 4.69) is 41.7 Å². The van der Waals surface area contributed by atoms with Crippen LogP contribution in [0.1, 0.15) is 23.6 Å². The highest BCUT2D eigenvalue weighted by atomic mass is 16.3. The number of rotatable bonds is 7. The Bertz CT molecular complexity index is 703. The van der Waals surface area contributed by atoms with Crippen molar-refractivity contribution < 1.29 is 10.2 Å². The minimum Gasteiger partial charge on any atom is -0.394 e. The van der Waals surface area contributed by atoms with Crippen molar-refractivity contribution in [3.63, 3.8) is 0 Å². The van der Waals surface area contributed by atoms with Crippen molar-refractivity contribution >= 4 is 0 Å². The zero-order valence-electron chi connectivity index (χ0n) is 15.0. The van der Waals surface area contributed by atoms with Gasteiger partial charge in [0.1, 0.15) is 0 Å². The lowest BCUT2D eigenvalue weighted by atomic mass is 9.75. The van der Waals surface area contributed by atoms with Gasteiger partial charge in [-0.05, 0) is 23.6 Å². The highest BCUT2D eigenvalue weighted by Crippen LogP contribution is 2.38. The van der Waals surface area contributed by atoms with Gasteiger partial charge in [0.2, 0.25) is 0 Å². The predicted octanol–water partition coefficient (Wildman–Crippen LogP) is 3.31. The summed E-state index contributed by atoms with van der Waals surface area (Å²) in [6.07, 6.45) is 0. The third-order valence-electron chi connectivity index (χ3n) is 4.81. The van der Waals surface area contributed by atoms with Crippen LogP contribution in [0.3, 0.4) is 0 Å². The second kappa shape index (κ2) is 7.83. The summed E-state index contributed by atoms with van der Waals surface area (Å²) >= 11 is 0. The van der Waals surface area contributed by atoms with E-state index in [-0.39, 0.29) is 13.2 Å². The zero-order chi connectivity index (χ0) is 18.5. The van der Waals surface area contributed by atoms with Gasteiger partial charge in [-0.3, -0.25) is 5.32 Å². The van der Waals surface area contributed by atoms with Crippen LogP contribution in [0.2, 0.25) is 0 Å². The summed E-state index contributed by atoms with van der Waals surface area (Å²) in [5, 5.41) is 23.5. The predicted molar refractivity (Wildman–Crippen MR) is 105 cm³/mol. The van der Waals surface area contributed by atoms with E-state index < -0.39 is 11.1 Å². The Morgan fingerprint density at radius 3 is 1.19 bits per heavy atom. The molecule has 0 saturated carbocycles. The molecule has 0 amide bonds. The number of benzene rings is 3. The quantitative estimate of drug-likeness (QED) is 0.575. The average Bonchev–Trinajstić information content (AvgIpc) is 2.74. The highest BCUT2D eigenvalue weighted by molar-refractivity contribution is 5.49. The standard InChI is InChI=1S/C23H25NO2/c1-22(17-25,18-26)24-23(19-11-5-2-6-12-19,20-13-7-3-8-14-20)21-15-9-4-10-16-21/h2-16,24-26H,17-18H2,1H3. The maximum absolute atomic E-state index is 9.97. The van der Waals surface area contributed by atoms with Crippen molar-refractivity contribution in [1.82, 2.24) is 5.32 Å². The first kappa shape index (κ1) is 18.3. The van der Waals surface area contributed by atoms with Crippen LogP contribution in [0, 0.1) is 0 Å².